The van der Waals surface area contributed by atoms with Crippen LogP contribution in [0.25, 0.3) is 0 Å². The number of nitrogens with one attached hydrogen (secondary N) is 2. The van der Waals surface area contributed by atoms with Gasteiger partial charge < -0.3 is 20.1 Å². The van der Waals surface area contributed by atoms with E-state index in [-0.39, 0.29) is 11.5 Å². The van der Waals surface area contributed by atoms with Crippen LogP contribution in [-0.4, -0.2) is 32.1 Å². The highest BCUT2D eigenvalue weighted by molar-refractivity contribution is 6.02. The summed E-state index contributed by atoms with van der Waals surface area (Å²) in [5, 5.41) is 5.33. The molecule has 1 atom stereocenters. The highest BCUT2D eigenvalue weighted by atomic mass is 19.1. The molecule has 0 aliphatic rings. The maximum Gasteiger partial charge on any atom is 0.254 e. The van der Waals surface area contributed by atoms with Crippen LogP contribution >= 0.6 is 0 Å². The maximum absolute atomic E-state index is 13.8. The van der Waals surface area contributed by atoms with Crippen molar-refractivity contribution in [2.24, 2.45) is 5.92 Å². The summed E-state index contributed by atoms with van der Waals surface area (Å²) in [6, 6.07) is 9.73. The van der Waals surface area contributed by atoms with Gasteiger partial charge in [0.05, 0.1) is 25.5 Å². The van der Waals surface area contributed by atoms with Crippen LogP contribution in [0, 0.1) is 11.7 Å². The Morgan fingerprint density at radius 2 is 1.74 bits per heavy atom. The summed E-state index contributed by atoms with van der Waals surface area (Å²) in [7, 11) is 3.00. The Morgan fingerprint density at radius 1 is 1.04 bits per heavy atom. The Kier molecular flexibility index (Phi) is 6.76. The molecular formula is C20H23FN2O4. The molecule has 0 spiro atoms. The van der Waals surface area contributed by atoms with Crippen molar-refractivity contribution < 1.29 is 23.5 Å². The molecule has 2 aromatic rings. The number of halogens is 1. The van der Waals surface area contributed by atoms with E-state index >= 15 is 0 Å². The number of amides is 2. The fraction of sp³-hybridized carbons (Fsp3) is 0.300. The Hall–Kier alpha value is -3.09. The van der Waals surface area contributed by atoms with Gasteiger partial charge >= 0.3 is 0 Å². The molecule has 0 aliphatic carbocycles. The van der Waals surface area contributed by atoms with Crippen LogP contribution in [0.3, 0.4) is 0 Å². The molecule has 0 saturated carbocycles. The van der Waals surface area contributed by atoms with E-state index in [0.29, 0.717) is 17.2 Å². The third-order valence-corrected chi connectivity index (χ3v) is 4.02. The number of hydrogen-bond donors (Lipinski definition) is 2. The van der Waals surface area contributed by atoms with E-state index in [9.17, 15) is 14.0 Å². The van der Waals surface area contributed by atoms with Gasteiger partial charge in [0.1, 0.15) is 23.4 Å². The van der Waals surface area contributed by atoms with E-state index in [0.717, 1.165) is 0 Å². The first kappa shape index (κ1) is 20.2. The molecule has 2 rings (SSSR count). The Bertz CT molecular complexity index is 823. The Balaban J connectivity index is 2.21. The van der Waals surface area contributed by atoms with E-state index in [2.05, 4.69) is 10.6 Å². The summed E-state index contributed by atoms with van der Waals surface area (Å²) >= 11 is 0. The first-order chi connectivity index (χ1) is 12.9. The molecule has 0 aliphatic heterocycles. The molecule has 0 fully saturated rings. The van der Waals surface area contributed by atoms with Crippen LogP contribution in [0.4, 0.5) is 10.1 Å². The smallest absolute Gasteiger partial charge is 0.254 e. The van der Waals surface area contributed by atoms with Crippen molar-refractivity contribution >= 4 is 17.5 Å². The number of hydrogen-bond acceptors (Lipinski definition) is 4. The van der Waals surface area contributed by atoms with Crippen molar-refractivity contribution in [3.05, 3.63) is 53.8 Å². The molecule has 0 heterocycles. The van der Waals surface area contributed by atoms with Gasteiger partial charge in [-0.25, -0.2) is 4.39 Å². The van der Waals surface area contributed by atoms with Gasteiger partial charge in [0.15, 0.2) is 0 Å². The normalized spacial score (nSPS) is 11.6. The monoisotopic (exact) mass is 374 g/mol. The van der Waals surface area contributed by atoms with E-state index in [1.165, 1.54) is 32.4 Å². The van der Waals surface area contributed by atoms with Gasteiger partial charge in [-0.3, -0.25) is 9.59 Å². The minimum absolute atomic E-state index is 0.116. The molecule has 27 heavy (non-hydrogen) atoms. The number of carbonyl (C=O) groups excluding carboxylic acids is 2. The zero-order valence-electron chi connectivity index (χ0n) is 15.7. The van der Waals surface area contributed by atoms with Crippen LogP contribution in [0.15, 0.2) is 42.5 Å². The second-order valence-electron chi connectivity index (χ2n) is 6.23. The average molecular weight is 374 g/mol. The van der Waals surface area contributed by atoms with Crippen molar-refractivity contribution in [1.82, 2.24) is 5.32 Å². The molecular weight excluding hydrogens is 351 g/mol. The second-order valence-corrected chi connectivity index (χ2v) is 6.23. The lowest BCUT2D eigenvalue weighted by atomic mass is 10.0. The van der Waals surface area contributed by atoms with Crippen LogP contribution in [0.1, 0.15) is 24.2 Å². The van der Waals surface area contributed by atoms with Gasteiger partial charge in [0, 0.05) is 6.07 Å². The van der Waals surface area contributed by atoms with Crippen LogP contribution in [0.2, 0.25) is 0 Å². The zero-order valence-corrected chi connectivity index (χ0v) is 15.7. The summed E-state index contributed by atoms with van der Waals surface area (Å²) in [5.74, 6) is -0.972. The number of carbonyl (C=O) groups is 2. The molecule has 0 radical (unpaired) electrons. The Morgan fingerprint density at radius 3 is 2.33 bits per heavy atom. The fourth-order valence-corrected chi connectivity index (χ4v) is 2.52. The first-order valence-corrected chi connectivity index (χ1v) is 8.45. The lowest BCUT2D eigenvalue weighted by Gasteiger charge is -2.22. The van der Waals surface area contributed by atoms with Crippen LogP contribution < -0.4 is 20.1 Å². The predicted octanol–water partition coefficient (Wildman–Crippen LogP) is 3.24. The lowest BCUT2D eigenvalue weighted by Crippen LogP contribution is -2.47. The first-order valence-electron chi connectivity index (χ1n) is 8.45. The van der Waals surface area contributed by atoms with E-state index in [4.69, 9.17) is 9.47 Å². The number of benzene rings is 2. The largest absolute Gasteiger partial charge is 0.497 e. The van der Waals surface area contributed by atoms with Gasteiger partial charge in [-0.05, 0) is 30.2 Å². The lowest BCUT2D eigenvalue weighted by molar-refractivity contribution is -0.118. The summed E-state index contributed by atoms with van der Waals surface area (Å²) in [5.41, 5.74) is 0.294. The summed E-state index contributed by atoms with van der Waals surface area (Å²) in [6.07, 6.45) is 0. The van der Waals surface area contributed by atoms with Crippen molar-refractivity contribution in [2.45, 2.75) is 19.9 Å². The number of methoxy groups -OCH3 is 2. The van der Waals surface area contributed by atoms with Gasteiger partial charge in [-0.2, -0.15) is 0 Å². The van der Waals surface area contributed by atoms with Crippen molar-refractivity contribution in [2.75, 3.05) is 19.5 Å². The van der Waals surface area contributed by atoms with Crippen LogP contribution in [0.5, 0.6) is 11.5 Å². The molecule has 6 nitrogen and oxygen atoms in total. The minimum atomic E-state index is -0.868. The molecule has 7 heteroatoms. The SMILES string of the molecule is COc1ccc(OC)c(NC(=O)[C@@H](NC(=O)c2ccccc2F)C(C)C)c1. The third kappa shape index (κ3) is 4.97. The molecule has 0 saturated heterocycles. The molecule has 0 unspecified atom stereocenters. The summed E-state index contributed by atoms with van der Waals surface area (Å²) in [4.78, 5) is 25.1. The summed E-state index contributed by atoms with van der Waals surface area (Å²) < 4.78 is 24.2. The third-order valence-electron chi connectivity index (χ3n) is 4.02. The molecule has 2 aromatic carbocycles. The molecule has 144 valence electrons. The number of anilines is 1. The quantitative estimate of drug-likeness (QED) is 0.780. The molecule has 0 bridgehead atoms. The fourth-order valence-electron chi connectivity index (χ4n) is 2.52. The maximum atomic E-state index is 13.8. The Labute approximate surface area is 157 Å². The number of rotatable bonds is 7. The van der Waals surface area contributed by atoms with Crippen LogP contribution in [-0.2, 0) is 4.79 Å². The van der Waals surface area contributed by atoms with Gasteiger partial charge in [-0.15, -0.1) is 0 Å². The second kappa shape index (κ2) is 9.02. The van der Waals surface area contributed by atoms with Crippen molar-refractivity contribution in [1.29, 1.82) is 0 Å². The topological polar surface area (TPSA) is 76.7 Å². The van der Waals surface area contributed by atoms with Gasteiger partial charge in [-0.1, -0.05) is 26.0 Å². The predicted molar refractivity (Wildman–Crippen MR) is 101 cm³/mol. The molecule has 0 aromatic heterocycles. The zero-order chi connectivity index (χ0) is 20.0. The van der Waals surface area contributed by atoms with Crippen molar-refractivity contribution in [3.63, 3.8) is 0 Å². The average Bonchev–Trinajstić information content (AvgIpc) is 2.65. The van der Waals surface area contributed by atoms with E-state index in [1.54, 1.807) is 38.1 Å². The minimum Gasteiger partial charge on any atom is -0.497 e. The highest BCUT2D eigenvalue weighted by Crippen LogP contribution is 2.29. The van der Waals surface area contributed by atoms with E-state index < -0.39 is 23.7 Å². The highest BCUT2D eigenvalue weighted by Gasteiger charge is 2.26. The van der Waals surface area contributed by atoms with E-state index in [1.807, 2.05) is 0 Å². The molecule has 2 N–H and O–H groups in total. The van der Waals surface area contributed by atoms with Crippen molar-refractivity contribution in [3.8, 4) is 11.5 Å². The summed E-state index contributed by atoms with van der Waals surface area (Å²) in [6.45, 7) is 3.57. The van der Waals surface area contributed by atoms with Gasteiger partial charge in [0.2, 0.25) is 5.91 Å². The standard InChI is InChI=1S/C20H23FN2O4/c1-12(2)18(23-19(24)14-7-5-6-8-15(14)21)20(25)22-16-11-13(26-3)9-10-17(16)27-4/h5-12,18H,1-4H3,(H,22,25)(H,23,24)/t18-/m0/s1. The molecule has 2 amide bonds. The number of ether oxygens (including phenoxy) is 2. The van der Waals surface area contributed by atoms with Gasteiger partial charge in [0.25, 0.3) is 5.91 Å².